The van der Waals surface area contributed by atoms with E-state index in [9.17, 15) is 4.79 Å². The molecule has 3 heterocycles. The first-order chi connectivity index (χ1) is 11.5. The number of imidazole rings is 1. The zero-order chi connectivity index (χ0) is 17.3. The average Bonchev–Trinajstić information content (AvgIpc) is 3.13. The fraction of sp³-hybridized carbons (Fsp3) is 0.667. The van der Waals surface area contributed by atoms with E-state index in [1.54, 1.807) is 0 Å². The van der Waals surface area contributed by atoms with Crippen LogP contribution in [-0.2, 0) is 18.4 Å². The molecule has 6 nitrogen and oxygen atoms in total. The minimum Gasteiger partial charge on any atom is -0.337 e. The number of carbonyl (C=O) groups is 1. The van der Waals surface area contributed by atoms with Gasteiger partial charge in [0, 0.05) is 58.6 Å². The second-order valence-corrected chi connectivity index (χ2v) is 7.32. The fourth-order valence-corrected chi connectivity index (χ4v) is 4.07. The highest BCUT2D eigenvalue weighted by atomic mass is 16.2. The molecular formula is C18H29N5O. The molecule has 0 radical (unpaired) electrons. The third-order valence-corrected chi connectivity index (χ3v) is 5.48. The van der Waals surface area contributed by atoms with E-state index < -0.39 is 5.54 Å². The van der Waals surface area contributed by atoms with Crippen molar-refractivity contribution in [2.24, 2.45) is 7.05 Å². The smallest absolute Gasteiger partial charge is 0.244 e. The Morgan fingerprint density at radius 2 is 2.17 bits per heavy atom. The molecule has 0 aliphatic carbocycles. The van der Waals surface area contributed by atoms with Gasteiger partial charge in [0.1, 0.15) is 5.54 Å². The van der Waals surface area contributed by atoms with E-state index in [1.165, 1.54) is 5.69 Å². The Hall–Kier alpha value is -1.66. The molecule has 1 amide bonds. The second kappa shape index (κ2) is 6.69. The van der Waals surface area contributed by atoms with E-state index in [1.807, 2.05) is 30.5 Å². The molecule has 1 aromatic heterocycles. The highest BCUT2D eigenvalue weighted by Crippen LogP contribution is 2.34. The molecular weight excluding hydrogens is 302 g/mol. The molecule has 0 aromatic carbocycles. The molecule has 1 atom stereocenters. The molecule has 0 N–H and O–H groups in total. The van der Waals surface area contributed by atoms with Crippen molar-refractivity contribution in [2.75, 3.05) is 32.7 Å². The van der Waals surface area contributed by atoms with Crippen molar-refractivity contribution in [2.45, 2.75) is 38.4 Å². The molecule has 1 spiro atoms. The number of likely N-dealkylation sites (tertiary alicyclic amines) is 1. The number of carbonyl (C=O) groups excluding carboxylic acids is 1. The average molecular weight is 331 g/mol. The lowest BCUT2D eigenvalue weighted by atomic mass is 9.90. The summed E-state index contributed by atoms with van der Waals surface area (Å²) in [6.07, 6.45) is 6.55. The van der Waals surface area contributed by atoms with Crippen LogP contribution in [0.2, 0.25) is 0 Å². The molecule has 2 aliphatic rings. The van der Waals surface area contributed by atoms with Crippen molar-refractivity contribution < 1.29 is 4.79 Å². The van der Waals surface area contributed by atoms with E-state index >= 15 is 0 Å². The zero-order valence-corrected chi connectivity index (χ0v) is 15.1. The highest BCUT2D eigenvalue weighted by Gasteiger charge is 2.53. The normalized spacial score (nSPS) is 26.0. The molecule has 2 aliphatic heterocycles. The number of hydrogen-bond donors (Lipinski definition) is 0. The number of aromatic nitrogens is 2. The first-order valence-corrected chi connectivity index (χ1v) is 8.82. The zero-order valence-electron chi connectivity index (χ0n) is 15.1. The lowest BCUT2D eigenvalue weighted by Crippen LogP contribution is -2.68. The predicted molar refractivity (Wildman–Crippen MR) is 94.5 cm³/mol. The Labute approximate surface area is 144 Å². The van der Waals surface area contributed by atoms with Gasteiger partial charge in [-0.15, -0.1) is 6.58 Å². The molecule has 3 rings (SSSR count). The van der Waals surface area contributed by atoms with Gasteiger partial charge in [0.2, 0.25) is 5.91 Å². The summed E-state index contributed by atoms with van der Waals surface area (Å²) in [5.74, 6) is 0.290. The number of rotatable bonds is 5. The van der Waals surface area contributed by atoms with Crippen molar-refractivity contribution in [1.29, 1.82) is 0 Å². The maximum atomic E-state index is 13.3. The largest absolute Gasteiger partial charge is 0.337 e. The Morgan fingerprint density at radius 3 is 2.79 bits per heavy atom. The quantitative estimate of drug-likeness (QED) is 0.758. The van der Waals surface area contributed by atoms with Gasteiger partial charge in [-0.25, -0.2) is 4.98 Å². The molecule has 0 unspecified atom stereocenters. The van der Waals surface area contributed by atoms with Gasteiger partial charge in [0.15, 0.2) is 0 Å². The van der Waals surface area contributed by atoms with Crippen LogP contribution in [0.1, 0.15) is 26.0 Å². The molecule has 2 fully saturated rings. The summed E-state index contributed by atoms with van der Waals surface area (Å²) >= 11 is 0. The lowest BCUT2D eigenvalue weighted by molar-refractivity contribution is -0.152. The summed E-state index contributed by atoms with van der Waals surface area (Å²) < 4.78 is 2.05. The third kappa shape index (κ3) is 2.89. The molecule has 1 aromatic rings. The Morgan fingerprint density at radius 1 is 1.38 bits per heavy atom. The highest BCUT2D eigenvalue weighted by molar-refractivity contribution is 5.88. The summed E-state index contributed by atoms with van der Waals surface area (Å²) in [7, 11) is 2.02. The minimum atomic E-state index is -0.394. The van der Waals surface area contributed by atoms with Crippen molar-refractivity contribution in [1.82, 2.24) is 24.3 Å². The van der Waals surface area contributed by atoms with Crippen molar-refractivity contribution in [3.05, 3.63) is 30.9 Å². The predicted octanol–water partition coefficient (Wildman–Crippen LogP) is 1.10. The van der Waals surface area contributed by atoms with Crippen molar-refractivity contribution in [3.8, 4) is 0 Å². The maximum Gasteiger partial charge on any atom is 0.244 e. The molecule has 2 saturated heterocycles. The number of nitrogens with zero attached hydrogens (tertiary/aromatic N) is 5. The maximum absolute atomic E-state index is 13.3. The third-order valence-electron chi connectivity index (χ3n) is 5.48. The summed E-state index contributed by atoms with van der Waals surface area (Å²) in [5, 5.41) is 0. The van der Waals surface area contributed by atoms with Crippen LogP contribution >= 0.6 is 0 Å². The van der Waals surface area contributed by atoms with E-state index in [2.05, 4.69) is 39.8 Å². The minimum absolute atomic E-state index is 0.256. The molecule has 132 valence electrons. The Bertz CT molecular complexity index is 610. The number of amides is 1. The SMILES string of the molecule is C=CCN1CCN(C(C)C)C(=O)[C@@]12CCN(Cc1cncn1C)C2. The topological polar surface area (TPSA) is 44.6 Å². The lowest BCUT2D eigenvalue weighted by Gasteiger charge is -2.48. The van der Waals surface area contributed by atoms with Gasteiger partial charge in [0.25, 0.3) is 0 Å². The number of aryl methyl sites for hydroxylation is 1. The summed E-state index contributed by atoms with van der Waals surface area (Å²) in [4.78, 5) is 24.3. The van der Waals surface area contributed by atoms with Gasteiger partial charge in [-0.3, -0.25) is 14.6 Å². The van der Waals surface area contributed by atoms with Crippen molar-refractivity contribution >= 4 is 5.91 Å². The van der Waals surface area contributed by atoms with E-state index in [0.29, 0.717) is 0 Å². The molecule has 6 heteroatoms. The first-order valence-electron chi connectivity index (χ1n) is 8.82. The fourth-order valence-electron chi connectivity index (χ4n) is 4.07. The second-order valence-electron chi connectivity index (χ2n) is 7.32. The van der Waals surface area contributed by atoms with Crippen molar-refractivity contribution in [3.63, 3.8) is 0 Å². The van der Waals surface area contributed by atoms with Gasteiger partial charge in [-0.2, -0.15) is 0 Å². The standard InChI is InChI=1S/C18H29N5O/c1-5-7-22-9-10-23(15(2)3)17(24)18(22)6-8-21(13-18)12-16-11-19-14-20(16)4/h5,11,14-15H,1,6-10,12-13H2,2-4H3/t18-/m0/s1. The first kappa shape index (κ1) is 17.2. The van der Waals surface area contributed by atoms with Crippen LogP contribution in [0, 0.1) is 0 Å². The van der Waals surface area contributed by atoms with Gasteiger partial charge < -0.3 is 9.47 Å². The Balaban J connectivity index is 1.80. The molecule has 0 bridgehead atoms. The summed E-state index contributed by atoms with van der Waals surface area (Å²) in [5.41, 5.74) is 0.793. The van der Waals surface area contributed by atoms with Gasteiger partial charge in [-0.1, -0.05) is 6.08 Å². The molecule has 24 heavy (non-hydrogen) atoms. The summed E-state index contributed by atoms with van der Waals surface area (Å²) in [6, 6.07) is 0.256. The van der Waals surface area contributed by atoms with Crippen LogP contribution in [0.4, 0.5) is 0 Å². The van der Waals surface area contributed by atoms with E-state index in [4.69, 9.17) is 0 Å². The van der Waals surface area contributed by atoms with Crippen LogP contribution in [-0.4, -0.2) is 74.5 Å². The number of hydrogen-bond acceptors (Lipinski definition) is 4. The molecule has 0 saturated carbocycles. The van der Waals surface area contributed by atoms with Gasteiger partial charge >= 0.3 is 0 Å². The van der Waals surface area contributed by atoms with Gasteiger partial charge in [-0.05, 0) is 20.3 Å². The van der Waals surface area contributed by atoms with Gasteiger partial charge in [0.05, 0.1) is 12.0 Å². The Kier molecular flexibility index (Phi) is 4.78. The van der Waals surface area contributed by atoms with Crippen LogP contribution in [0.3, 0.4) is 0 Å². The van der Waals surface area contributed by atoms with Crippen LogP contribution in [0.15, 0.2) is 25.2 Å². The van der Waals surface area contributed by atoms with Crippen LogP contribution in [0.5, 0.6) is 0 Å². The van der Waals surface area contributed by atoms with Crippen LogP contribution < -0.4 is 0 Å². The van der Waals surface area contributed by atoms with Crippen LogP contribution in [0.25, 0.3) is 0 Å². The summed E-state index contributed by atoms with van der Waals surface area (Å²) in [6.45, 7) is 13.2. The monoisotopic (exact) mass is 331 g/mol. The van der Waals surface area contributed by atoms with E-state index in [-0.39, 0.29) is 11.9 Å². The van der Waals surface area contributed by atoms with E-state index in [0.717, 1.165) is 45.7 Å². The number of piperazine rings is 1.